The van der Waals surface area contributed by atoms with Crippen molar-refractivity contribution in [3.63, 3.8) is 0 Å². The number of nitrogens with zero attached hydrogens (tertiary/aromatic N) is 4. The fourth-order valence-corrected chi connectivity index (χ4v) is 6.76. The van der Waals surface area contributed by atoms with E-state index >= 15 is 0 Å². The number of carbonyl (C=O) groups is 3. The summed E-state index contributed by atoms with van der Waals surface area (Å²) >= 11 is 0. The Hall–Kier alpha value is -3.70. The van der Waals surface area contributed by atoms with Crippen molar-refractivity contribution >= 4 is 23.5 Å². The first-order valence-corrected chi connectivity index (χ1v) is 15.3. The molecule has 1 aromatic carbocycles. The lowest BCUT2D eigenvalue weighted by Gasteiger charge is -2.30. The van der Waals surface area contributed by atoms with Gasteiger partial charge in [-0.2, -0.15) is 0 Å². The van der Waals surface area contributed by atoms with Gasteiger partial charge in [0.25, 0.3) is 0 Å². The summed E-state index contributed by atoms with van der Waals surface area (Å²) in [6, 6.07) is 7.04. The number of carboxylic acids is 1. The number of aliphatic carboxylic acids is 1. The third-order valence-corrected chi connectivity index (χ3v) is 8.91. The van der Waals surface area contributed by atoms with Crippen LogP contribution in [0, 0.1) is 5.92 Å². The van der Waals surface area contributed by atoms with Crippen molar-refractivity contribution in [2.45, 2.75) is 64.0 Å². The number of aryl methyl sites for hydroxylation is 1. The van der Waals surface area contributed by atoms with Crippen molar-refractivity contribution in [1.82, 2.24) is 9.80 Å². The summed E-state index contributed by atoms with van der Waals surface area (Å²) in [6.45, 7) is 4.20. The average Bonchev–Trinajstić information content (AvgIpc) is 3.72. The Morgan fingerprint density at radius 1 is 1.21 bits per heavy atom. The molecule has 0 spiro atoms. The lowest BCUT2D eigenvalue weighted by atomic mass is 9.83. The smallest absolute Gasteiger partial charge is 0.308 e. The zero-order valence-corrected chi connectivity index (χ0v) is 25.1. The molecule has 0 radical (unpaired) electrons. The SMILES string of the molecule is CCCCN(C(=O)CN1C[C@H](c2cc(CO)c3c(c2)OCO3)[C@@H](C(=O)O)[C@@H]1CCCN1CCCC1=O)c1ccc[n+](C)c1. The average molecular weight is 596 g/mol. The van der Waals surface area contributed by atoms with Crippen LogP contribution in [0.25, 0.3) is 0 Å². The van der Waals surface area contributed by atoms with Crippen LogP contribution in [0.2, 0.25) is 0 Å². The number of carboxylic acid groups (broad SMARTS) is 1. The molecule has 0 aliphatic carbocycles. The van der Waals surface area contributed by atoms with Gasteiger partial charge >= 0.3 is 5.97 Å². The van der Waals surface area contributed by atoms with Crippen molar-refractivity contribution in [2.24, 2.45) is 13.0 Å². The van der Waals surface area contributed by atoms with E-state index in [1.54, 1.807) is 11.0 Å². The summed E-state index contributed by atoms with van der Waals surface area (Å²) in [4.78, 5) is 44.8. The van der Waals surface area contributed by atoms with Gasteiger partial charge in [-0.25, -0.2) is 4.57 Å². The number of unbranched alkanes of at least 4 members (excludes halogenated alkanes) is 1. The maximum atomic E-state index is 14.0. The van der Waals surface area contributed by atoms with E-state index in [1.165, 1.54) is 0 Å². The quantitative estimate of drug-likeness (QED) is 0.339. The first-order valence-electron chi connectivity index (χ1n) is 15.3. The lowest BCUT2D eigenvalue weighted by Crippen LogP contribution is -2.45. The van der Waals surface area contributed by atoms with Crippen LogP contribution in [-0.4, -0.2) is 83.4 Å². The number of anilines is 1. The molecule has 11 nitrogen and oxygen atoms in total. The Labute approximate surface area is 252 Å². The highest BCUT2D eigenvalue weighted by atomic mass is 16.7. The second-order valence-electron chi connectivity index (χ2n) is 11.8. The Kier molecular flexibility index (Phi) is 9.82. The zero-order valence-electron chi connectivity index (χ0n) is 25.1. The summed E-state index contributed by atoms with van der Waals surface area (Å²) < 4.78 is 13.1. The summed E-state index contributed by atoms with van der Waals surface area (Å²) in [5.41, 5.74) is 2.10. The Balaban J connectivity index is 1.43. The number of rotatable bonds is 13. The van der Waals surface area contributed by atoms with Gasteiger partial charge in [-0.15, -0.1) is 0 Å². The summed E-state index contributed by atoms with van der Waals surface area (Å²) in [5, 5.41) is 20.6. The largest absolute Gasteiger partial charge is 0.481 e. The minimum absolute atomic E-state index is 0.0438. The van der Waals surface area contributed by atoms with Gasteiger partial charge in [0.1, 0.15) is 12.7 Å². The maximum Gasteiger partial charge on any atom is 0.308 e. The van der Waals surface area contributed by atoms with Gasteiger partial charge < -0.3 is 29.5 Å². The summed E-state index contributed by atoms with van der Waals surface area (Å²) in [7, 11) is 1.92. The Bertz CT molecular complexity index is 1330. The number of aliphatic hydroxyl groups excluding tert-OH is 1. The molecule has 2 aromatic rings. The van der Waals surface area contributed by atoms with Gasteiger partial charge in [0.15, 0.2) is 23.9 Å². The molecule has 232 valence electrons. The van der Waals surface area contributed by atoms with E-state index in [0.29, 0.717) is 56.0 Å². The van der Waals surface area contributed by atoms with Crippen molar-refractivity contribution in [2.75, 3.05) is 44.4 Å². The van der Waals surface area contributed by atoms with Crippen molar-refractivity contribution < 1.29 is 38.6 Å². The normalized spacial score (nSPS) is 21.5. The topological polar surface area (TPSA) is 124 Å². The van der Waals surface area contributed by atoms with E-state index < -0.39 is 23.8 Å². The predicted octanol–water partition coefficient (Wildman–Crippen LogP) is 2.44. The monoisotopic (exact) mass is 595 g/mol. The molecule has 5 rings (SSSR count). The number of aliphatic hydroxyl groups is 1. The highest BCUT2D eigenvalue weighted by Crippen LogP contribution is 2.44. The molecule has 3 atom stereocenters. The Morgan fingerprint density at radius 2 is 2.05 bits per heavy atom. The molecule has 0 unspecified atom stereocenters. The van der Waals surface area contributed by atoms with Crippen LogP contribution in [-0.2, 0) is 28.0 Å². The van der Waals surface area contributed by atoms with Crippen molar-refractivity contribution in [1.29, 1.82) is 0 Å². The minimum Gasteiger partial charge on any atom is -0.481 e. The van der Waals surface area contributed by atoms with Crippen LogP contribution < -0.4 is 18.9 Å². The van der Waals surface area contributed by atoms with E-state index in [0.717, 1.165) is 37.1 Å². The number of amides is 2. The van der Waals surface area contributed by atoms with Gasteiger partial charge in [0.2, 0.25) is 18.6 Å². The van der Waals surface area contributed by atoms with Crippen LogP contribution in [0.5, 0.6) is 11.5 Å². The molecule has 2 saturated heterocycles. The highest BCUT2D eigenvalue weighted by molar-refractivity contribution is 5.94. The van der Waals surface area contributed by atoms with E-state index in [1.807, 2.05) is 52.0 Å². The van der Waals surface area contributed by atoms with Gasteiger partial charge in [-0.1, -0.05) is 13.3 Å². The number of fused-ring (bicyclic) bond motifs is 1. The van der Waals surface area contributed by atoms with Crippen LogP contribution in [0.4, 0.5) is 5.69 Å². The number of benzene rings is 1. The number of hydrogen-bond donors (Lipinski definition) is 2. The third kappa shape index (κ3) is 6.78. The molecular formula is C32H43N4O7+. The molecule has 43 heavy (non-hydrogen) atoms. The first-order chi connectivity index (χ1) is 20.8. The van der Waals surface area contributed by atoms with E-state index in [2.05, 4.69) is 6.92 Å². The van der Waals surface area contributed by atoms with Gasteiger partial charge in [0, 0.05) is 56.2 Å². The van der Waals surface area contributed by atoms with Crippen LogP contribution in [0.3, 0.4) is 0 Å². The number of ether oxygens (including phenoxy) is 2. The highest BCUT2D eigenvalue weighted by Gasteiger charge is 2.47. The fourth-order valence-electron chi connectivity index (χ4n) is 6.76. The standard InChI is InChI=1S/C32H42N4O7/c1-3-4-14-36(24-8-5-11-33(2)17-24)29(39)19-35-18-25(22-15-23(20-37)31-27(16-22)42-21-43-31)30(32(40)41)26(35)9-6-12-34-13-7-10-28(34)38/h5,8,11,15-17,25-26,30,37H,3-4,6-7,9-10,12-14,18-21H2,1-2H3/p+1/t25-,26+,30-/m1/s1. The minimum atomic E-state index is -0.927. The molecule has 3 aliphatic rings. The van der Waals surface area contributed by atoms with Crippen molar-refractivity contribution in [3.05, 3.63) is 47.8 Å². The first kappa shape index (κ1) is 30.7. The second kappa shape index (κ2) is 13.7. The van der Waals surface area contributed by atoms with Gasteiger partial charge in [0.05, 0.1) is 19.1 Å². The van der Waals surface area contributed by atoms with Gasteiger partial charge in [-0.3, -0.25) is 19.3 Å². The van der Waals surface area contributed by atoms with Gasteiger partial charge in [-0.05, 0) is 49.4 Å². The Morgan fingerprint density at radius 3 is 2.74 bits per heavy atom. The van der Waals surface area contributed by atoms with E-state index in [4.69, 9.17) is 9.47 Å². The van der Waals surface area contributed by atoms with Crippen LogP contribution >= 0.6 is 0 Å². The van der Waals surface area contributed by atoms with E-state index in [-0.39, 0.29) is 31.8 Å². The second-order valence-corrected chi connectivity index (χ2v) is 11.8. The maximum absolute atomic E-state index is 14.0. The lowest BCUT2D eigenvalue weighted by molar-refractivity contribution is -0.670. The molecule has 2 N–H and O–H groups in total. The molecule has 0 bridgehead atoms. The molecule has 11 heteroatoms. The molecule has 2 fully saturated rings. The zero-order chi connectivity index (χ0) is 30.5. The third-order valence-electron chi connectivity index (χ3n) is 8.91. The number of carbonyl (C=O) groups excluding carboxylic acids is 2. The van der Waals surface area contributed by atoms with Crippen LogP contribution in [0.15, 0.2) is 36.7 Å². The number of aromatic nitrogens is 1. The van der Waals surface area contributed by atoms with E-state index in [9.17, 15) is 24.6 Å². The molecule has 2 amide bonds. The van der Waals surface area contributed by atoms with Crippen molar-refractivity contribution in [3.8, 4) is 11.5 Å². The summed E-state index contributed by atoms with van der Waals surface area (Å²) in [5.74, 6) is -1.10. The fraction of sp³-hybridized carbons (Fsp3) is 0.562. The molecule has 1 aromatic heterocycles. The number of likely N-dealkylation sites (tertiary alicyclic amines) is 2. The molecule has 0 saturated carbocycles. The number of pyridine rings is 1. The molecular weight excluding hydrogens is 552 g/mol. The molecule has 4 heterocycles. The predicted molar refractivity (Wildman–Crippen MR) is 158 cm³/mol. The number of hydrogen-bond acceptors (Lipinski definition) is 7. The summed E-state index contributed by atoms with van der Waals surface area (Å²) in [6.07, 6.45) is 8.22. The molecule has 3 aliphatic heterocycles. The van der Waals surface area contributed by atoms with Crippen LogP contribution in [0.1, 0.15) is 62.5 Å².